The SMILES string of the molecule is Cc1cc(F)c(Br)cc1NC(=O)c1csc2ccccc12. The summed E-state index contributed by atoms with van der Waals surface area (Å²) >= 11 is 4.67. The average molecular weight is 364 g/mol. The molecule has 3 rings (SSSR count). The highest BCUT2D eigenvalue weighted by atomic mass is 79.9. The Labute approximate surface area is 133 Å². The van der Waals surface area contributed by atoms with Gasteiger partial charge in [0.15, 0.2) is 0 Å². The van der Waals surface area contributed by atoms with E-state index in [1.54, 1.807) is 13.0 Å². The predicted molar refractivity (Wildman–Crippen MR) is 88.6 cm³/mol. The van der Waals surface area contributed by atoms with Crippen LogP contribution in [0.4, 0.5) is 10.1 Å². The van der Waals surface area contributed by atoms with Gasteiger partial charge in [0.1, 0.15) is 5.82 Å². The fraction of sp³-hybridized carbons (Fsp3) is 0.0625. The Morgan fingerprint density at radius 1 is 1.29 bits per heavy atom. The second-order valence-corrected chi connectivity index (χ2v) is 6.45. The van der Waals surface area contributed by atoms with E-state index in [4.69, 9.17) is 0 Å². The van der Waals surface area contributed by atoms with E-state index in [0.29, 0.717) is 21.3 Å². The summed E-state index contributed by atoms with van der Waals surface area (Å²) in [5.41, 5.74) is 1.92. The molecule has 0 bridgehead atoms. The molecule has 0 saturated carbocycles. The molecule has 106 valence electrons. The number of hydrogen-bond acceptors (Lipinski definition) is 2. The molecule has 1 N–H and O–H groups in total. The van der Waals surface area contributed by atoms with Crippen LogP contribution < -0.4 is 5.32 Å². The van der Waals surface area contributed by atoms with Gasteiger partial charge in [-0.2, -0.15) is 0 Å². The van der Waals surface area contributed by atoms with Crippen LogP contribution in [0.25, 0.3) is 10.1 Å². The summed E-state index contributed by atoms with van der Waals surface area (Å²) in [6.45, 7) is 1.76. The lowest BCUT2D eigenvalue weighted by Crippen LogP contribution is -2.12. The highest BCUT2D eigenvalue weighted by Crippen LogP contribution is 2.28. The van der Waals surface area contributed by atoms with Gasteiger partial charge >= 0.3 is 0 Å². The smallest absolute Gasteiger partial charge is 0.257 e. The first-order chi connectivity index (χ1) is 10.1. The summed E-state index contributed by atoms with van der Waals surface area (Å²) in [6.07, 6.45) is 0. The molecule has 21 heavy (non-hydrogen) atoms. The van der Waals surface area contributed by atoms with Crippen molar-refractivity contribution in [3.8, 4) is 0 Å². The maximum Gasteiger partial charge on any atom is 0.257 e. The van der Waals surface area contributed by atoms with Crippen LogP contribution >= 0.6 is 27.3 Å². The number of carbonyl (C=O) groups excluding carboxylic acids is 1. The predicted octanol–water partition coefficient (Wildman–Crippen LogP) is 5.36. The van der Waals surface area contributed by atoms with Gasteiger partial charge in [-0.1, -0.05) is 18.2 Å². The molecule has 2 aromatic carbocycles. The molecule has 3 aromatic rings. The van der Waals surface area contributed by atoms with Crippen molar-refractivity contribution >= 4 is 48.9 Å². The first-order valence-electron chi connectivity index (χ1n) is 6.29. The summed E-state index contributed by atoms with van der Waals surface area (Å²) in [5.74, 6) is -0.527. The van der Waals surface area contributed by atoms with Crippen molar-refractivity contribution in [2.75, 3.05) is 5.32 Å². The topological polar surface area (TPSA) is 29.1 Å². The highest BCUT2D eigenvalue weighted by Gasteiger charge is 2.14. The second kappa shape index (κ2) is 5.58. The van der Waals surface area contributed by atoms with Gasteiger partial charge in [0.05, 0.1) is 10.0 Å². The third-order valence-corrected chi connectivity index (χ3v) is 4.81. The normalized spacial score (nSPS) is 10.8. The summed E-state index contributed by atoms with van der Waals surface area (Å²) in [4.78, 5) is 12.4. The minimum Gasteiger partial charge on any atom is -0.322 e. The standard InChI is InChI=1S/C16H11BrFNOS/c1-9-6-13(18)12(17)7-14(9)19-16(20)11-8-21-15-5-3-2-4-10(11)15/h2-8H,1H3,(H,19,20). The number of nitrogens with one attached hydrogen (secondary N) is 1. The Kier molecular flexibility index (Phi) is 3.78. The lowest BCUT2D eigenvalue weighted by Gasteiger charge is -2.09. The van der Waals surface area contributed by atoms with Gasteiger partial charge in [-0.05, 0) is 46.6 Å². The lowest BCUT2D eigenvalue weighted by molar-refractivity contribution is 0.102. The van der Waals surface area contributed by atoms with Crippen molar-refractivity contribution in [1.82, 2.24) is 0 Å². The molecule has 1 aromatic heterocycles. The number of benzene rings is 2. The van der Waals surface area contributed by atoms with Crippen LogP contribution in [-0.4, -0.2) is 5.91 Å². The van der Waals surface area contributed by atoms with E-state index in [1.807, 2.05) is 29.6 Å². The average Bonchev–Trinajstić information content (AvgIpc) is 2.88. The van der Waals surface area contributed by atoms with Gasteiger partial charge in [-0.25, -0.2) is 4.39 Å². The maximum absolute atomic E-state index is 13.4. The Morgan fingerprint density at radius 2 is 2.05 bits per heavy atom. The van der Waals surface area contributed by atoms with Gasteiger partial charge in [-0.15, -0.1) is 11.3 Å². The number of thiophene rings is 1. The molecule has 2 nitrogen and oxygen atoms in total. The molecule has 0 aliphatic carbocycles. The van der Waals surface area contributed by atoms with Crippen molar-refractivity contribution in [2.45, 2.75) is 6.92 Å². The Morgan fingerprint density at radius 3 is 2.86 bits per heavy atom. The quantitative estimate of drug-likeness (QED) is 0.651. The Bertz CT molecular complexity index is 843. The fourth-order valence-electron chi connectivity index (χ4n) is 2.12. The monoisotopic (exact) mass is 363 g/mol. The zero-order chi connectivity index (χ0) is 15.0. The minimum absolute atomic E-state index is 0.186. The molecule has 1 heterocycles. The van der Waals surface area contributed by atoms with Crippen LogP contribution in [0.5, 0.6) is 0 Å². The van der Waals surface area contributed by atoms with Crippen LogP contribution in [-0.2, 0) is 0 Å². The lowest BCUT2D eigenvalue weighted by atomic mass is 10.1. The zero-order valence-electron chi connectivity index (χ0n) is 11.1. The van der Waals surface area contributed by atoms with Crippen molar-refractivity contribution < 1.29 is 9.18 Å². The van der Waals surface area contributed by atoms with Gasteiger partial charge in [0, 0.05) is 21.2 Å². The summed E-state index contributed by atoms with van der Waals surface area (Å²) in [7, 11) is 0. The van der Waals surface area contributed by atoms with E-state index in [0.717, 1.165) is 10.1 Å². The van der Waals surface area contributed by atoms with Crippen LogP contribution in [0.15, 0.2) is 46.3 Å². The number of amides is 1. The van der Waals surface area contributed by atoms with Gasteiger partial charge in [0.25, 0.3) is 5.91 Å². The molecule has 0 fully saturated rings. The van der Waals surface area contributed by atoms with E-state index in [2.05, 4.69) is 21.2 Å². The van der Waals surface area contributed by atoms with Crippen LogP contribution in [0.3, 0.4) is 0 Å². The fourth-order valence-corrected chi connectivity index (χ4v) is 3.41. The van der Waals surface area contributed by atoms with Gasteiger partial charge in [0.2, 0.25) is 0 Å². The molecule has 0 unspecified atom stereocenters. The molecule has 1 amide bonds. The van der Waals surface area contributed by atoms with Crippen LogP contribution in [0, 0.1) is 12.7 Å². The van der Waals surface area contributed by atoms with Crippen molar-refractivity contribution in [3.05, 3.63) is 63.2 Å². The number of rotatable bonds is 2. The zero-order valence-corrected chi connectivity index (χ0v) is 13.5. The first kappa shape index (κ1) is 14.2. The number of fused-ring (bicyclic) bond motifs is 1. The number of carbonyl (C=O) groups is 1. The number of aryl methyl sites for hydroxylation is 1. The van der Waals surface area contributed by atoms with Crippen molar-refractivity contribution in [1.29, 1.82) is 0 Å². The van der Waals surface area contributed by atoms with Gasteiger partial charge in [-0.3, -0.25) is 4.79 Å². The minimum atomic E-state index is -0.341. The molecule has 5 heteroatoms. The third-order valence-electron chi connectivity index (χ3n) is 3.24. The Balaban J connectivity index is 1.95. The number of anilines is 1. The van der Waals surface area contributed by atoms with Crippen LogP contribution in [0.2, 0.25) is 0 Å². The van der Waals surface area contributed by atoms with E-state index >= 15 is 0 Å². The highest BCUT2D eigenvalue weighted by molar-refractivity contribution is 9.10. The molecule has 0 saturated heterocycles. The first-order valence-corrected chi connectivity index (χ1v) is 7.97. The van der Waals surface area contributed by atoms with Crippen molar-refractivity contribution in [2.24, 2.45) is 0 Å². The Hall–Kier alpha value is -1.72. The van der Waals surface area contributed by atoms with E-state index in [1.165, 1.54) is 17.4 Å². The largest absolute Gasteiger partial charge is 0.322 e. The molecule has 0 atom stereocenters. The summed E-state index contributed by atoms with van der Waals surface area (Å²) in [6, 6.07) is 10.7. The van der Waals surface area contributed by atoms with Crippen LogP contribution in [0.1, 0.15) is 15.9 Å². The molecule has 0 aliphatic heterocycles. The van der Waals surface area contributed by atoms with E-state index in [9.17, 15) is 9.18 Å². The number of hydrogen-bond donors (Lipinski definition) is 1. The molecule has 0 spiro atoms. The molecular formula is C16H11BrFNOS. The maximum atomic E-state index is 13.4. The van der Waals surface area contributed by atoms with Crippen molar-refractivity contribution in [3.63, 3.8) is 0 Å². The van der Waals surface area contributed by atoms with E-state index < -0.39 is 0 Å². The molecular weight excluding hydrogens is 353 g/mol. The second-order valence-electron chi connectivity index (χ2n) is 4.68. The molecule has 0 radical (unpaired) electrons. The third kappa shape index (κ3) is 2.71. The summed E-state index contributed by atoms with van der Waals surface area (Å²) in [5, 5.41) is 5.61. The summed E-state index contributed by atoms with van der Waals surface area (Å²) < 4.78 is 14.8. The number of halogens is 2. The van der Waals surface area contributed by atoms with Gasteiger partial charge < -0.3 is 5.32 Å². The van der Waals surface area contributed by atoms with E-state index in [-0.39, 0.29) is 11.7 Å². The molecule has 0 aliphatic rings.